The predicted molar refractivity (Wildman–Crippen MR) is 259 cm³/mol. The molecule has 0 spiro atoms. The van der Waals surface area contributed by atoms with E-state index in [1.54, 1.807) is 12.1 Å². The molecule has 16 N–H and O–H groups in total. The van der Waals surface area contributed by atoms with Gasteiger partial charge >= 0.3 is 5.97 Å². The molecule has 2 heterocycles. The standard InChI is InChI=1S/C46H61N11O13S/c1-22-36(39(49)56-40(52-22)25-8-10-27(11-9-25)46(3,4)5)42(62)55-33(19-51-71(50,67)68)44(64)57(6)37-26-15-31(38(60)35(16-26)70-21-29(59)18-48)30-13-24(7-12-34(30)69-20-28(58)17-47)14-32(45(65)66)54-41(61)23(2)53-43(37)63/h7-13,15-16,23,28-29,32-33,37,51,58-60H,14,17-21,47-48H2,1-6H3,(H,53,63)(H,54,61)(H,55,62)(H,65,66)(H2,49,52,56)(H2,50,67,68)/t23-,28+,29-,32-,33-,37-/m0/s1. The zero-order valence-corrected chi connectivity index (χ0v) is 40.7. The summed E-state index contributed by atoms with van der Waals surface area (Å²) in [4.78, 5) is 79.4. The molecule has 0 saturated carbocycles. The van der Waals surface area contributed by atoms with Crippen LogP contribution in [0.1, 0.15) is 66.5 Å². The Morgan fingerprint density at radius 1 is 0.915 bits per heavy atom. The van der Waals surface area contributed by atoms with Crippen LogP contribution in [-0.2, 0) is 41.2 Å². The number of aliphatic hydroxyl groups is 2. The average molecular weight is 1010 g/mol. The number of carbonyl (C=O) groups excluding carboxylic acids is 4. The number of aliphatic hydroxyl groups excluding tert-OH is 2. The van der Waals surface area contributed by atoms with E-state index in [9.17, 15) is 52.8 Å². The first-order valence-electron chi connectivity index (χ1n) is 22.2. The van der Waals surface area contributed by atoms with Gasteiger partial charge in [0.25, 0.3) is 16.1 Å². The second-order valence-electron chi connectivity index (χ2n) is 18.0. The van der Waals surface area contributed by atoms with Crippen molar-refractivity contribution in [3.8, 4) is 39.8 Å². The van der Waals surface area contributed by atoms with E-state index in [0.29, 0.717) is 11.1 Å². The number of nitrogens with one attached hydrogen (secondary N) is 4. The number of likely N-dealkylation sites (N-methyl/N-ethyl adjacent to an activating group) is 1. The molecule has 71 heavy (non-hydrogen) atoms. The number of nitrogens with zero attached hydrogens (tertiary/aromatic N) is 3. The van der Waals surface area contributed by atoms with Crippen molar-refractivity contribution in [1.82, 2.24) is 35.5 Å². The van der Waals surface area contributed by atoms with E-state index in [2.05, 4.69) is 46.7 Å². The van der Waals surface area contributed by atoms with Crippen LogP contribution in [0.5, 0.6) is 17.2 Å². The number of nitrogen functional groups attached to an aromatic ring is 1. The van der Waals surface area contributed by atoms with Crippen molar-refractivity contribution in [2.24, 2.45) is 16.6 Å². The van der Waals surface area contributed by atoms with Crippen molar-refractivity contribution in [2.75, 3.05) is 45.6 Å². The van der Waals surface area contributed by atoms with Gasteiger partial charge in [-0.05, 0) is 60.2 Å². The Labute approximate surface area is 409 Å². The van der Waals surface area contributed by atoms with Crippen molar-refractivity contribution in [1.29, 1.82) is 0 Å². The van der Waals surface area contributed by atoms with E-state index in [1.807, 2.05) is 16.9 Å². The number of aromatic hydroxyl groups is 1. The highest BCUT2D eigenvalue weighted by Gasteiger charge is 2.38. The van der Waals surface area contributed by atoms with Gasteiger partial charge in [0.2, 0.25) is 17.7 Å². The summed E-state index contributed by atoms with van der Waals surface area (Å²) < 4.78 is 38.3. The number of aromatic nitrogens is 2. The van der Waals surface area contributed by atoms with Gasteiger partial charge in [-0.2, -0.15) is 13.1 Å². The Bertz CT molecular complexity index is 2730. The fraction of sp³-hybridized carbons (Fsp3) is 0.413. The molecule has 1 aliphatic rings. The molecule has 4 amide bonds. The number of carboxylic acids is 1. The van der Waals surface area contributed by atoms with Crippen LogP contribution >= 0.6 is 0 Å². The topological polar surface area (TPSA) is 400 Å². The number of aliphatic carboxylic acids is 1. The van der Waals surface area contributed by atoms with Crippen molar-refractivity contribution < 1.29 is 62.3 Å². The number of anilines is 1. The van der Waals surface area contributed by atoms with Crippen LogP contribution in [0.4, 0.5) is 5.82 Å². The molecule has 0 fully saturated rings. The van der Waals surface area contributed by atoms with Crippen molar-refractivity contribution >= 4 is 45.6 Å². The number of aryl methyl sites for hydroxylation is 1. The summed E-state index contributed by atoms with van der Waals surface area (Å²) in [5.74, 6) is -6.69. The van der Waals surface area contributed by atoms with Gasteiger partial charge in [0.05, 0.1) is 5.69 Å². The molecular weight excluding hydrogens is 947 g/mol. The number of hydrogen-bond donors (Lipinski definition) is 12. The fourth-order valence-corrected chi connectivity index (χ4v) is 7.82. The fourth-order valence-electron chi connectivity index (χ4n) is 7.42. The summed E-state index contributed by atoms with van der Waals surface area (Å²) in [5.41, 5.74) is 19.0. The molecule has 0 aliphatic carbocycles. The lowest BCUT2D eigenvalue weighted by molar-refractivity contribution is -0.143. The predicted octanol–water partition coefficient (Wildman–Crippen LogP) is -1.18. The van der Waals surface area contributed by atoms with E-state index in [1.165, 1.54) is 38.1 Å². The number of phenols is 1. The highest BCUT2D eigenvalue weighted by molar-refractivity contribution is 7.87. The number of amides is 4. The van der Waals surface area contributed by atoms with Crippen molar-refractivity contribution in [2.45, 2.75) is 82.8 Å². The first-order chi connectivity index (χ1) is 33.2. The third-order valence-electron chi connectivity index (χ3n) is 11.4. The Morgan fingerprint density at radius 3 is 2.10 bits per heavy atom. The van der Waals surface area contributed by atoms with Crippen molar-refractivity contribution in [3.05, 3.63) is 82.5 Å². The second-order valence-corrected chi connectivity index (χ2v) is 19.4. The molecule has 4 bridgehead atoms. The van der Waals surface area contributed by atoms with Crippen molar-refractivity contribution in [3.63, 3.8) is 0 Å². The summed E-state index contributed by atoms with van der Waals surface area (Å²) in [6.45, 7) is 6.69. The first-order valence-corrected chi connectivity index (χ1v) is 23.7. The van der Waals surface area contributed by atoms with Crippen LogP contribution in [0.2, 0.25) is 0 Å². The lowest BCUT2D eigenvalue weighted by atomic mass is 9.86. The Balaban J connectivity index is 1.67. The van der Waals surface area contributed by atoms with Gasteiger partial charge < -0.3 is 68.0 Å². The average Bonchev–Trinajstić information content (AvgIpc) is 3.30. The molecule has 0 radical (unpaired) electrons. The quantitative estimate of drug-likeness (QED) is 0.0592. The minimum Gasteiger partial charge on any atom is -0.504 e. The number of benzene rings is 3. The molecule has 6 atom stereocenters. The van der Waals surface area contributed by atoms with Gasteiger partial charge in [0, 0.05) is 49.8 Å². The third-order valence-corrected chi connectivity index (χ3v) is 12.0. The smallest absolute Gasteiger partial charge is 0.326 e. The third kappa shape index (κ3) is 13.9. The highest BCUT2D eigenvalue weighted by atomic mass is 32.2. The summed E-state index contributed by atoms with van der Waals surface area (Å²) in [5, 5.41) is 55.3. The lowest BCUT2D eigenvalue weighted by Gasteiger charge is -2.33. The van der Waals surface area contributed by atoms with E-state index < -0.39 is 95.1 Å². The molecule has 0 saturated heterocycles. The van der Waals surface area contributed by atoms with E-state index in [-0.39, 0.29) is 82.6 Å². The number of hydrogen-bond acceptors (Lipinski definition) is 17. The number of fused-ring (bicyclic) bond motifs is 5. The highest BCUT2D eigenvalue weighted by Crippen LogP contribution is 2.45. The summed E-state index contributed by atoms with van der Waals surface area (Å²) in [6.07, 6.45) is -2.72. The maximum Gasteiger partial charge on any atom is 0.326 e. The maximum absolute atomic E-state index is 14.9. The molecule has 4 aromatic rings. The number of rotatable bonds is 17. The number of carbonyl (C=O) groups is 5. The van der Waals surface area contributed by atoms with Gasteiger partial charge in [-0.15, -0.1) is 0 Å². The minimum atomic E-state index is -4.54. The Hall–Kier alpha value is -7.00. The lowest BCUT2D eigenvalue weighted by Crippen LogP contribution is -2.57. The van der Waals surface area contributed by atoms with Crippen LogP contribution in [0.25, 0.3) is 22.5 Å². The molecule has 24 nitrogen and oxygen atoms in total. The summed E-state index contributed by atoms with van der Waals surface area (Å²) >= 11 is 0. The molecule has 3 aromatic carbocycles. The zero-order valence-electron chi connectivity index (χ0n) is 39.9. The number of nitrogens with two attached hydrogens (primary N) is 4. The van der Waals surface area contributed by atoms with Crippen LogP contribution in [-0.4, -0.2) is 144 Å². The summed E-state index contributed by atoms with van der Waals surface area (Å²) in [6, 6.07) is 7.41. The van der Waals surface area contributed by atoms with E-state index in [4.69, 9.17) is 31.8 Å². The normalized spacial score (nSPS) is 17.6. The maximum atomic E-state index is 14.9. The molecule has 25 heteroatoms. The first kappa shape index (κ1) is 54.9. The van der Waals surface area contributed by atoms with Gasteiger partial charge in [-0.25, -0.2) is 19.9 Å². The van der Waals surface area contributed by atoms with Gasteiger partial charge in [-0.1, -0.05) is 51.1 Å². The van der Waals surface area contributed by atoms with Crippen LogP contribution in [0, 0.1) is 6.92 Å². The van der Waals surface area contributed by atoms with Gasteiger partial charge in [0.1, 0.15) is 66.7 Å². The molecule has 1 aromatic heterocycles. The van der Waals surface area contributed by atoms with Crippen LogP contribution in [0.3, 0.4) is 0 Å². The van der Waals surface area contributed by atoms with Gasteiger partial charge in [-0.3, -0.25) is 19.2 Å². The van der Waals surface area contributed by atoms with Crippen LogP contribution < -0.4 is 52.5 Å². The largest absolute Gasteiger partial charge is 0.504 e. The van der Waals surface area contributed by atoms with E-state index >= 15 is 0 Å². The van der Waals surface area contributed by atoms with Crippen LogP contribution in [0.15, 0.2) is 54.6 Å². The summed E-state index contributed by atoms with van der Waals surface area (Å²) in [7, 11) is -3.42. The monoisotopic (exact) mass is 1010 g/mol. The zero-order chi connectivity index (χ0) is 52.7. The number of ether oxygens (including phenoxy) is 2. The second kappa shape index (κ2) is 22.8. The molecule has 1 aliphatic heterocycles. The van der Waals surface area contributed by atoms with Gasteiger partial charge in [0.15, 0.2) is 17.3 Å². The Morgan fingerprint density at radius 2 is 1.54 bits per heavy atom. The molecule has 0 unspecified atom stereocenters. The molecule has 5 rings (SSSR count). The molecule has 384 valence electrons. The van der Waals surface area contributed by atoms with E-state index in [0.717, 1.165) is 23.6 Å². The molecular formula is C46H61N11O13S. The minimum absolute atomic E-state index is 0.00516. The number of carboxylic acid groups (broad SMARTS) is 1. The SMILES string of the molecule is Cc1nc(-c2ccc(C(C)(C)C)cc2)nc(N)c1C(=O)N[C@@H](CNS(N)(=O)=O)C(=O)N(C)[C@@H]1C(=O)N[C@@H](C)C(=O)N[C@H](C(=O)O)Cc2ccc(OC[C@H](O)CN)c(c2)-c2cc1cc(OC[C@@H](O)CN)c2O. The number of phenolic OH excluding ortho intramolecular Hbond substituents is 1. The Kier molecular flexibility index (Phi) is 17.7.